The predicted molar refractivity (Wildman–Crippen MR) is 134 cm³/mol. The van der Waals surface area contributed by atoms with E-state index in [1.807, 2.05) is 30.5 Å². The van der Waals surface area contributed by atoms with Crippen LogP contribution in [-0.4, -0.2) is 23.3 Å². The standard InChI is InChI=1S/C26H19Cl2N3O3/c27-18-3-1-2-15(10-18)11-24-26(33)31-22-12-16(4-7-23(22)34-24)25(32)29-9-8-17-14-30-21-6-5-19(28)13-20(17)21/h1-7,10-14,30H,8-9H2,(H,29,32)(H,31,33)/b24-11-. The second kappa shape index (κ2) is 9.25. The van der Waals surface area contributed by atoms with Crippen LogP contribution in [0, 0.1) is 0 Å². The number of amides is 2. The lowest BCUT2D eigenvalue weighted by Gasteiger charge is -2.20. The Morgan fingerprint density at radius 2 is 1.88 bits per heavy atom. The zero-order valence-corrected chi connectivity index (χ0v) is 19.3. The number of rotatable bonds is 5. The number of benzene rings is 3. The number of hydrogen-bond donors (Lipinski definition) is 3. The Morgan fingerprint density at radius 3 is 2.74 bits per heavy atom. The van der Waals surface area contributed by atoms with Gasteiger partial charge in [0.05, 0.1) is 5.69 Å². The molecule has 0 fully saturated rings. The van der Waals surface area contributed by atoms with Crippen molar-refractivity contribution in [2.75, 3.05) is 11.9 Å². The van der Waals surface area contributed by atoms with Gasteiger partial charge in [-0.05, 0) is 72.2 Å². The molecule has 4 aromatic rings. The van der Waals surface area contributed by atoms with E-state index < -0.39 is 5.91 Å². The van der Waals surface area contributed by atoms with Gasteiger partial charge in [-0.2, -0.15) is 0 Å². The van der Waals surface area contributed by atoms with Crippen LogP contribution in [0.25, 0.3) is 17.0 Å². The number of ether oxygens (including phenoxy) is 1. The number of halogens is 2. The number of anilines is 1. The number of H-pyrrole nitrogens is 1. The number of hydrogen-bond acceptors (Lipinski definition) is 3. The minimum absolute atomic E-state index is 0.144. The number of aromatic amines is 1. The van der Waals surface area contributed by atoms with Crippen LogP contribution in [0.5, 0.6) is 5.75 Å². The Balaban J connectivity index is 1.25. The van der Waals surface area contributed by atoms with Gasteiger partial charge in [-0.25, -0.2) is 0 Å². The van der Waals surface area contributed by atoms with Gasteiger partial charge < -0.3 is 20.4 Å². The summed E-state index contributed by atoms with van der Waals surface area (Å²) in [4.78, 5) is 28.4. The summed E-state index contributed by atoms with van der Waals surface area (Å²) >= 11 is 12.1. The lowest BCUT2D eigenvalue weighted by atomic mass is 10.1. The molecule has 0 bridgehead atoms. The molecule has 2 heterocycles. The summed E-state index contributed by atoms with van der Waals surface area (Å²) < 4.78 is 5.76. The first-order valence-corrected chi connectivity index (χ1v) is 11.4. The van der Waals surface area contributed by atoms with Crippen molar-refractivity contribution in [1.29, 1.82) is 0 Å². The molecule has 1 aliphatic heterocycles. The molecule has 6 nitrogen and oxygen atoms in total. The third-order valence-corrected chi connectivity index (χ3v) is 5.96. The summed E-state index contributed by atoms with van der Waals surface area (Å²) in [5, 5.41) is 7.97. The molecule has 3 aromatic carbocycles. The van der Waals surface area contributed by atoms with Crippen LogP contribution in [0.2, 0.25) is 10.0 Å². The largest absolute Gasteiger partial charge is 0.449 e. The third kappa shape index (κ3) is 4.64. The second-order valence-electron chi connectivity index (χ2n) is 7.84. The van der Waals surface area contributed by atoms with Gasteiger partial charge in [0, 0.05) is 39.3 Å². The molecule has 3 N–H and O–H groups in total. The Bertz CT molecular complexity index is 1460. The lowest BCUT2D eigenvalue weighted by molar-refractivity contribution is -0.115. The molecule has 0 radical (unpaired) electrons. The zero-order chi connectivity index (χ0) is 23.7. The van der Waals surface area contributed by atoms with Gasteiger partial charge in [-0.3, -0.25) is 9.59 Å². The fraction of sp³-hybridized carbons (Fsp3) is 0.0769. The number of aromatic nitrogens is 1. The number of carbonyl (C=O) groups excluding carboxylic acids is 2. The first-order chi connectivity index (χ1) is 16.5. The molecule has 170 valence electrons. The molecule has 1 aromatic heterocycles. The molecule has 5 rings (SSSR count). The minimum Gasteiger partial charge on any atom is -0.449 e. The smallest absolute Gasteiger partial charge is 0.291 e. The monoisotopic (exact) mass is 491 g/mol. The van der Waals surface area contributed by atoms with Crippen molar-refractivity contribution in [2.24, 2.45) is 0 Å². The Hall–Kier alpha value is -3.74. The SMILES string of the molecule is O=C1Nc2cc(C(=O)NCCc3c[nH]c4ccc(Cl)cc34)ccc2O/C1=C\c1cccc(Cl)c1. The van der Waals surface area contributed by atoms with Crippen LogP contribution in [0.4, 0.5) is 5.69 Å². The maximum atomic E-state index is 12.7. The Morgan fingerprint density at radius 1 is 1.03 bits per heavy atom. The molecule has 34 heavy (non-hydrogen) atoms. The molecule has 0 atom stereocenters. The van der Waals surface area contributed by atoms with E-state index in [9.17, 15) is 9.59 Å². The van der Waals surface area contributed by atoms with E-state index in [0.29, 0.717) is 40.0 Å². The maximum Gasteiger partial charge on any atom is 0.291 e. The van der Waals surface area contributed by atoms with Crippen LogP contribution in [0.1, 0.15) is 21.5 Å². The van der Waals surface area contributed by atoms with Gasteiger partial charge >= 0.3 is 0 Å². The number of nitrogens with one attached hydrogen (secondary N) is 3. The van der Waals surface area contributed by atoms with E-state index in [1.165, 1.54) is 0 Å². The van der Waals surface area contributed by atoms with Crippen molar-refractivity contribution < 1.29 is 14.3 Å². The van der Waals surface area contributed by atoms with Crippen LogP contribution in [0.15, 0.2) is 72.6 Å². The van der Waals surface area contributed by atoms with Gasteiger partial charge in [0.2, 0.25) is 0 Å². The Kier molecular flexibility index (Phi) is 6.01. The summed E-state index contributed by atoms with van der Waals surface area (Å²) in [5.74, 6) is -0.0379. The summed E-state index contributed by atoms with van der Waals surface area (Å²) in [6, 6.07) is 17.7. The summed E-state index contributed by atoms with van der Waals surface area (Å²) in [6.07, 6.45) is 4.19. The van der Waals surface area contributed by atoms with Crippen LogP contribution in [0.3, 0.4) is 0 Å². The quantitative estimate of drug-likeness (QED) is 0.307. The Labute approximate surface area is 205 Å². The third-order valence-electron chi connectivity index (χ3n) is 5.49. The van der Waals surface area contributed by atoms with Crippen LogP contribution >= 0.6 is 23.2 Å². The van der Waals surface area contributed by atoms with Gasteiger partial charge in [0.25, 0.3) is 11.8 Å². The average Bonchev–Trinajstić information content (AvgIpc) is 3.21. The van der Waals surface area contributed by atoms with Crippen molar-refractivity contribution in [3.8, 4) is 5.75 Å². The van der Waals surface area contributed by atoms with Gasteiger partial charge in [0.1, 0.15) is 0 Å². The fourth-order valence-electron chi connectivity index (χ4n) is 3.82. The molecule has 0 aliphatic carbocycles. The predicted octanol–water partition coefficient (Wildman–Crippen LogP) is 5.82. The van der Waals surface area contributed by atoms with Crippen molar-refractivity contribution in [1.82, 2.24) is 10.3 Å². The average molecular weight is 492 g/mol. The molecule has 0 unspecified atom stereocenters. The van der Waals surface area contributed by atoms with E-state index in [0.717, 1.165) is 22.0 Å². The normalized spacial score (nSPS) is 13.9. The first kappa shape index (κ1) is 22.1. The van der Waals surface area contributed by atoms with Crippen molar-refractivity contribution in [3.63, 3.8) is 0 Å². The number of carbonyl (C=O) groups is 2. The molecule has 0 saturated heterocycles. The van der Waals surface area contributed by atoms with Gasteiger partial charge in [0.15, 0.2) is 11.5 Å². The summed E-state index contributed by atoms with van der Waals surface area (Å²) in [7, 11) is 0. The van der Waals surface area contributed by atoms with Crippen molar-refractivity contribution in [3.05, 3.63) is 99.4 Å². The van der Waals surface area contributed by atoms with Gasteiger partial charge in [-0.15, -0.1) is 0 Å². The van der Waals surface area contributed by atoms with Crippen molar-refractivity contribution >= 4 is 57.7 Å². The van der Waals surface area contributed by atoms with Crippen LogP contribution in [-0.2, 0) is 11.2 Å². The highest BCUT2D eigenvalue weighted by Crippen LogP contribution is 2.32. The fourth-order valence-corrected chi connectivity index (χ4v) is 4.19. The molecule has 2 amide bonds. The highest BCUT2D eigenvalue weighted by atomic mass is 35.5. The minimum atomic E-state index is -0.400. The van der Waals surface area contributed by atoms with Crippen molar-refractivity contribution in [2.45, 2.75) is 6.42 Å². The lowest BCUT2D eigenvalue weighted by Crippen LogP contribution is -2.27. The molecular formula is C26H19Cl2N3O3. The highest BCUT2D eigenvalue weighted by molar-refractivity contribution is 6.31. The van der Waals surface area contributed by atoms with E-state index in [4.69, 9.17) is 27.9 Å². The zero-order valence-electron chi connectivity index (χ0n) is 17.8. The van der Waals surface area contributed by atoms with Crippen LogP contribution < -0.4 is 15.4 Å². The summed E-state index contributed by atoms with van der Waals surface area (Å²) in [5.41, 5.74) is 3.68. The van der Waals surface area contributed by atoms with Gasteiger partial charge in [-0.1, -0.05) is 35.3 Å². The van der Waals surface area contributed by atoms with E-state index in [1.54, 1.807) is 42.5 Å². The molecule has 0 saturated carbocycles. The maximum absolute atomic E-state index is 12.7. The summed E-state index contributed by atoms with van der Waals surface area (Å²) in [6.45, 7) is 0.449. The van der Waals surface area contributed by atoms with E-state index in [2.05, 4.69) is 15.6 Å². The highest BCUT2D eigenvalue weighted by Gasteiger charge is 2.23. The molecule has 8 heteroatoms. The topological polar surface area (TPSA) is 83.2 Å². The van der Waals surface area contributed by atoms with E-state index >= 15 is 0 Å². The second-order valence-corrected chi connectivity index (χ2v) is 8.71. The number of fused-ring (bicyclic) bond motifs is 2. The molecular weight excluding hydrogens is 473 g/mol. The van der Waals surface area contributed by atoms with E-state index in [-0.39, 0.29) is 11.7 Å². The molecule has 1 aliphatic rings. The molecule has 0 spiro atoms. The first-order valence-electron chi connectivity index (χ1n) is 10.6.